The maximum absolute atomic E-state index is 12.6. The normalized spacial score (nSPS) is 10.8. The van der Waals surface area contributed by atoms with E-state index in [4.69, 9.17) is 4.74 Å². The van der Waals surface area contributed by atoms with Gasteiger partial charge in [0.1, 0.15) is 5.69 Å². The van der Waals surface area contributed by atoms with Crippen molar-refractivity contribution in [1.29, 1.82) is 0 Å². The maximum Gasteiger partial charge on any atom is 1.00 e. The number of carbonyl (C=O) groups excluding carboxylic acids is 2. The van der Waals surface area contributed by atoms with Crippen LogP contribution in [0.15, 0.2) is 53.6 Å². The molecule has 12 heteroatoms. The summed E-state index contributed by atoms with van der Waals surface area (Å²) in [6.45, 7) is 1.52. The largest absolute Gasteiger partial charge is 1.00 e. The minimum Gasteiger partial charge on any atom is -0.871 e. The third kappa shape index (κ3) is 7.83. The van der Waals surface area contributed by atoms with E-state index in [1.165, 1.54) is 31.8 Å². The van der Waals surface area contributed by atoms with Crippen molar-refractivity contribution in [2.75, 3.05) is 12.4 Å². The molecule has 3 aromatic rings. The number of nitrogens with one attached hydrogen (secondary N) is 2. The van der Waals surface area contributed by atoms with Crippen LogP contribution in [0.2, 0.25) is 0 Å². The predicted octanol–water partition coefficient (Wildman–Crippen LogP) is -5.15. The molecule has 1 aromatic carbocycles. The first-order chi connectivity index (χ1) is 15.7. The second-order valence-electron chi connectivity index (χ2n) is 7.37. The van der Waals surface area contributed by atoms with E-state index in [2.05, 4.69) is 15.6 Å². The van der Waals surface area contributed by atoms with Crippen LogP contribution in [0.1, 0.15) is 23.6 Å². The molecule has 10 nitrogen and oxygen atoms in total. The summed E-state index contributed by atoms with van der Waals surface area (Å²) in [5.41, 5.74) is 1.17. The molecule has 172 valence electrons. The first kappa shape index (κ1) is 30.7. The van der Waals surface area contributed by atoms with Crippen LogP contribution < -0.4 is 90.3 Å². The van der Waals surface area contributed by atoms with Crippen molar-refractivity contribution in [3.63, 3.8) is 0 Å². The van der Waals surface area contributed by atoms with Crippen LogP contribution in [0.3, 0.4) is 0 Å². The number of aryl methyl sites for hydroxylation is 2. The molecule has 0 radical (unpaired) electrons. The summed E-state index contributed by atoms with van der Waals surface area (Å²) in [4.78, 5) is 40.3. The zero-order valence-electron chi connectivity index (χ0n) is 20.2. The predicted molar refractivity (Wildman–Crippen MR) is 117 cm³/mol. The Morgan fingerprint density at radius 1 is 1.17 bits per heavy atom. The number of benzene rings is 1. The maximum atomic E-state index is 12.6. The van der Waals surface area contributed by atoms with Crippen LogP contribution in [0.4, 0.5) is 10.5 Å². The number of ether oxygens (including phenoxy) is 1. The van der Waals surface area contributed by atoms with Crippen molar-refractivity contribution >= 4 is 17.7 Å². The number of methoxy groups -OCH3 is 1. The molecule has 3 rings (SSSR count). The van der Waals surface area contributed by atoms with E-state index >= 15 is 0 Å². The minimum atomic E-state index is -1.38. The molecule has 0 aliphatic carbocycles. The molecule has 0 aliphatic rings. The number of urea groups is 1. The first-order valence-electron chi connectivity index (χ1n) is 9.94. The Kier molecular flexibility index (Phi) is 12.0. The summed E-state index contributed by atoms with van der Waals surface area (Å²) >= 11 is 0. The molecular formula is C23H22N4Na2O6. The molecule has 2 aromatic heterocycles. The van der Waals surface area contributed by atoms with Crippen molar-refractivity contribution in [1.82, 2.24) is 14.9 Å². The van der Waals surface area contributed by atoms with Gasteiger partial charge in [0, 0.05) is 43.5 Å². The van der Waals surface area contributed by atoms with Crippen molar-refractivity contribution in [3.05, 3.63) is 70.3 Å². The molecule has 0 saturated heterocycles. The van der Waals surface area contributed by atoms with E-state index in [-0.39, 0.29) is 64.7 Å². The van der Waals surface area contributed by atoms with Crippen LogP contribution in [-0.4, -0.2) is 28.7 Å². The zero-order chi connectivity index (χ0) is 24.1. The Labute approximate surface area is 246 Å². The Bertz CT molecular complexity index is 1250. The molecule has 2 heterocycles. The van der Waals surface area contributed by atoms with Gasteiger partial charge in [0.25, 0.3) is 5.56 Å². The van der Waals surface area contributed by atoms with Gasteiger partial charge in [-0.2, -0.15) is 0 Å². The van der Waals surface area contributed by atoms with Gasteiger partial charge in [0.2, 0.25) is 5.88 Å². The van der Waals surface area contributed by atoms with Crippen molar-refractivity contribution in [2.45, 2.75) is 19.4 Å². The Morgan fingerprint density at radius 3 is 2.49 bits per heavy atom. The Balaban J connectivity index is 0.00000306. The van der Waals surface area contributed by atoms with E-state index in [1.54, 1.807) is 36.5 Å². The number of carboxylic acids is 1. The van der Waals surface area contributed by atoms with Crippen molar-refractivity contribution < 1.29 is 83.7 Å². The number of hydrogen-bond acceptors (Lipinski definition) is 7. The molecule has 1 atom stereocenters. The molecule has 0 aliphatic heterocycles. The number of carboxylic acid groups (broad SMARTS) is 1. The van der Waals surface area contributed by atoms with Crippen LogP contribution >= 0.6 is 0 Å². The van der Waals surface area contributed by atoms with Gasteiger partial charge in [-0.1, -0.05) is 23.9 Å². The van der Waals surface area contributed by atoms with Crippen molar-refractivity contribution in [3.8, 4) is 22.8 Å². The van der Waals surface area contributed by atoms with Gasteiger partial charge >= 0.3 is 65.1 Å². The average molecular weight is 496 g/mol. The van der Waals surface area contributed by atoms with Gasteiger partial charge in [-0.05, 0) is 35.7 Å². The summed E-state index contributed by atoms with van der Waals surface area (Å²) in [6, 6.07) is 8.49. The average Bonchev–Trinajstić information content (AvgIpc) is 2.80. The molecule has 0 unspecified atom stereocenters. The SMILES string of the molecule is COc1ccc(-c2cccc([C@H](CC(=O)[O-])NC(=O)Nc3c([O-])c(C)cn(C)c3=O)c2)cn1.[Na+].[Na+]. The fourth-order valence-corrected chi connectivity index (χ4v) is 3.32. The molecular weight excluding hydrogens is 474 g/mol. The third-order valence-electron chi connectivity index (χ3n) is 4.99. The monoisotopic (exact) mass is 496 g/mol. The van der Waals surface area contributed by atoms with Gasteiger partial charge in [-0.15, -0.1) is 0 Å². The molecule has 2 N–H and O–H groups in total. The minimum absolute atomic E-state index is 0. The smallest absolute Gasteiger partial charge is 0.871 e. The fourth-order valence-electron chi connectivity index (χ4n) is 3.32. The number of nitrogens with zero attached hydrogens (tertiary/aromatic N) is 2. The zero-order valence-corrected chi connectivity index (χ0v) is 24.2. The van der Waals surface area contributed by atoms with Gasteiger partial charge < -0.3 is 34.9 Å². The Morgan fingerprint density at radius 2 is 1.89 bits per heavy atom. The first-order valence-corrected chi connectivity index (χ1v) is 9.94. The number of carbonyl (C=O) groups is 2. The summed E-state index contributed by atoms with van der Waals surface area (Å²) in [5.74, 6) is -1.55. The van der Waals surface area contributed by atoms with E-state index < -0.39 is 41.5 Å². The van der Waals surface area contributed by atoms with E-state index in [9.17, 15) is 24.6 Å². The van der Waals surface area contributed by atoms with Gasteiger partial charge in [-0.3, -0.25) is 4.79 Å². The van der Waals surface area contributed by atoms with Crippen molar-refractivity contribution in [2.24, 2.45) is 7.05 Å². The third-order valence-corrected chi connectivity index (χ3v) is 4.99. The second kappa shape index (κ2) is 13.7. The van der Waals surface area contributed by atoms with Gasteiger partial charge in [-0.25, -0.2) is 9.78 Å². The number of aliphatic carboxylic acids is 1. The number of amides is 2. The van der Waals surface area contributed by atoms with Gasteiger partial charge in [0.05, 0.1) is 13.2 Å². The Hall–Kier alpha value is -2.34. The fraction of sp³-hybridized carbons (Fsp3) is 0.217. The second-order valence-corrected chi connectivity index (χ2v) is 7.37. The van der Waals surface area contributed by atoms with Crippen LogP contribution in [0, 0.1) is 6.92 Å². The number of hydrogen-bond donors (Lipinski definition) is 2. The van der Waals surface area contributed by atoms with E-state index in [1.807, 2.05) is 6.07 Å². The standard InChI is InChI=1S/C23H24N4O6.2Na/c1-13-12-27(2)22(31)20(21(13)30)26-23(32)25-17(10-19(28)29)15-6-4-5-14(9-15)16-7-8-18(33-3)24-11-16;;/h4-9,11-12,17,30H,10H2,1-3H3,(H,28,29)(H2,25,26,32);;/q;2*+1/p-2/t17-;;/m0../s1. The summed E-state index contributed by atoms with van der Waals surface area (Å²) < 4.78 is 6.23. The molecule has 0 bridgehead atoms. The molecule has 2 amide bonds. The molecule has 0 fully saturated rings. The van der Waals surface area contributed by atoms with E-state index in [0.717, 1.165) is 11.1 Å². The number of pyridine rings is 2. The van der Waals surface area contributed by atoms with Gasteiger partial charge in [0.15, 0.2) is 0 Å². The van der Waals surface area contributed by atoms with Crippen LogP contribution in [-0.2, 0) is 11.8 Å². The van der Waals surface area contributed by atoms with Crippen LogP contribution in [0.5, 0.6) is 11.6 Å². The number of anilines is 1. The molecule has 0 saturated carbocycles. The quantitative estimate of drug-likeness (QED) is 0.311. The summed E-state index contributed by atoms with van der Waals surface area (Å²) in [6.07, 6.45) is 2.45. The molecule has 0 spiro atoms. The number of rotatable bonds is 7. The van der Waals surface area contributed by atoms with Crippen LogP contribution in [0.25, 0.3) is 11.1 Å². The summed E-state index contributed by atoms with van der Waals surface area (Å²) in [5, 5.41) is 28.4. The molecule has 35 heavy (non-hydrogen) atoms. The number of aromatic nitrogens is 2. The summed E-state index contributed by atoms with van der Waals surface area (Å²) in [7, 11) is 2.96. The van der Waals surface area contributed by atoms with E-state index in [0.29, 0.717) is 11.4 Å². The topological polar surface area (TPSA) is 148 Å².